The van der Waals surface area contributed by atoms with Crippen molar-refractivity contribution in [2.75, 3.05) is 0 Å². The van der Waals surface area contributed by atoms with Gasteiger partial charge in [-0.3, -0.25) is 9.36 Å². The van der Waals surface area contributed by atoms with Gasteiger partial charge in [-0.2, -0.15) is 0 Å². The maximum Gasteiger partial charge on any atom is 0.258 e. The van der Waals surface area contributed by atoms with Crippen LogP contribution in [0.2, 0.25) is 0 Å². The average Bonchev–Trinajstić information content (AvgIpc) is 3.37. The maximum atomic E-state index is 12.6. The van der Waals surface area contributed by atoms with E-state index in [0.29, 0.717) is 18.3 Å². The molecule has 0 spiro atoms. The fraction of sp³-hybridized carbons (Fsp3) is 0.286. The Morgan fingerprint density at radius 1 is 1.21 bits per heavy atom. The van der Waals surface area contributed by atoms with Gasteiger partial charge < -0.3 is 9.30 Å². The molecule has 1 aromatic carbocycles. The molecule has 0 aliphatic heterocycles. The number of fused-ring (bicyclic) bond motifs is 1. The number of hydrogen-bond acceptors (Lipinski definition) is 5. The van der Waals surface area contributed by atoms with Crippen LogP contribution in [0.3, 0.4) is 0 Å². The standard InChI is InChI=1S/C21H20N4O2S/c1-13-22-15(12-28-13)11-27-17-7-8-25(20(26)10-17)16-5-6-18-19(9-16)24(2)21(23-18)14-3-4-14/h5-10,12,14H,3-4,11H2,1-2H3. The van der Waals surface area contributed by atoms with Gasteiger partial charge in [-0.15, -0.1) is 11.3 Å². The van der Waals surface area contributed by atoms with Crippen molar-refractivity contribution in [3.8, 4) is 11.4 Å². The van der Waals surface area contributed by atoms with Crippen LogP contribution < -0.4 is 10.3 Å². The molecular formula is C21H20N4O2S. The molecule has 4 aromatic rings. The van der Waals surface area contributed by atoms with E-state index in [9.17, 15) is 4.79 Å². The predicted molar refractivity (Wildman–Crippen MR) is 109 cm³/mol. The van der Waals surface area contributed by atoms with Gasteiger partial charge in [0.05, 0.1) is 27.4 Å². The first-order chi connectivity index (χ1) is 13.6. The van der Waals surface area contributed by atoms with Gasteiger partial charge in [-0.05, 0) is 44.0 Å². The molecule has 1 aliphatic rings. The monoisotopic (exact) mass is 392 g/mol. The van der Waals surface area contributed by atoms with Gasteiger partial charge in [0, 0.05) is 30.6 Å². The van der Waals surface area contributed by atoms with Gasteiger partial charge in [0.25, 0.3) is 5.56 Å². The Hall–Kier alpha value is -2.93. The molecule has 1 saturated carbocycles. The van der Waals surface area contributed by atoms with Gasteiger partial charge in [0.1, 0.15) is 18.2 Å². The molecule has 3 aromatic heterocycles. The highest BCUT2D eigenvalue weighted by Crippen LogP contribution is 2.40. The third kappa shape index (κ3) is 3.11. The summed E-state index contributed by atoms with van der Waals surface area (Å²) in [6.07, 6.45) is 4.18. The number of aryl methyl sites for hydroxylation is 2. The van der Waals surface area contributed by atoms with Crippen LogP contribution in [0.15, 0.2) is 46.7 Å². The van der Waals surface area contributed by atoms with Crippen molar-refractivity contribution in [1.29, 1.82) is 0 Å². The lowest BCUT2D eigenvalue weighted by molar-refractivity contribution is 0.301. The molecule has 0 amide bonds. The molecule has 0 bridgehead atoms. The van der Waals surface area contributed by atoms with Crippen LogP contribution >= 0.6 is 11.3 Å². The van der Waals surface area contributed by atoms with Crippen LogP contribution in [0.4, 0.5) is 0 Å². The van der Waals surface area contributed by atoms with E-state index in [1.54, 1.807) is 22.1 Å². The number of imidazole rings is 1. The van der Waals surface area contributed by atoms with E-state index in [2.05, 4.69) is 9.55 Å². The summed E-state index contributed by atoms with van der Waals surface area (Å²) >= 11 is 1.59. The average molecular weight is 392 g/mol. The second-order valence-corrected chi connectivity index (χ2v) is 8.26. The number of ether oxygens (including phenoxy) is 1. The molecule has 5 rings (SSSR count). The zero-order chi connectivity index (χ0) is 19.3. The quantitative estimate of drug-likeness (QED) is 0.516. The van der Waals surface area contributed by atoms with E-state index in [0.717, 1.165) is 33.2 Å². The topological polar surface area (TPSA) is 61.9 Å². The van der Waals surface area contributed by atoms with Crippen molar-refractivity contribution >= 4 is 22.4 Å². The molecule has 7 heteroatoms. The van der Waals surface area contributed by atoms with Crippen molar-refractivity contribution < 1.29 is 4.74 Å². The molecule has 6 nitrogen and oxygen atoms in total. The molecule has 0 saturated heterocycles. The second-order valence-electron chi connectivity index (χ2n) is 7.19. The lowest BCUT2D eigenvalue weighted by Crippen LogP contribution is -2.16. The summed E-state index contributed by atoms with van der Waals surface area (Å²) < 4.78 is 9.50. The highest BCUT2D eigenvalue weighted by Gasteiger charge is 2.28. The SMILES string of the molecule is Cc1nc(COc2ccn(-c3ccc4nc(C5CC5)n(C)c4c3)c(=O)c2)cs1. The number of rotatable bonds is 5. The van der Waals surface area contributed by atoms with Gasteiger partial charge in [0.2, 0.25) is 0 Å². The number of nitrogens with zero attached hydrogens (tertiary/aromatic N) is 4. The van der Waals surface area contributed by atoms with Crippen molar-refractivity contribution in [2.45, 2.75) is 32.3 Å². The normalized spacial score (nSPS) is 13.9. The number of hydrogen-bond donors (Lipinski definition) is 0. The van der Waals surface area contributed by atoms with E-state index in [4.69, 9.17) is 9.72 Å². The minimum absolute atomic E-state index is 0.129. The van der Waals surface area contributed by atoms with Crippen LogP contribution in [0.1, 0.15) is 35.3 Å². The summed E-state index contributed by atoms with van der Waals surface area (Å²) in [6, 6.07) is 9.27. The summed E-state index contributed by atoms with van der Waals surface area (Å²) in [5, 5.41) is 2.97. The van der Waals surface area contributed by atoms with Crippen LogP contribution in [0, 0.1) is 6.92 Å². The summed E-state index contributed by atoms with van der Waals surface area (Å²) in [4.78, 5) is 21.8. The Morgan fingerprint density at radius 2 is 2.07 bits per heavy atom. The van der Waals surface area contributed by atoms with Gasteiger partial charge in [-0.25, -0.2) is 9.97 Å². The highest BCUT2D eigenvalue weighted by molar-refractivity contribution is 7.09. The summed E-state index contributed by atoms with van der Waals surface area (Å²) in [6.45, 7) is 2.32. The zero-order valence-corrected chi connectivity index (χ0v) is 16.6. The van der Waals surface area contributed by atoms with Crippen molar-refractivity contribution in [1.82, 2.24) is 19.1 Å². The molecule has 28 heavy (non-hydrogen) atoms. The van der Waals surface area contributed by atoms with Gasteiger partial charge >= 0.3 is 0 Å². The van der Waals surface area contributed by atoms with E-state index in [1.807, 2.05) is 43.6 Å². The molecule has 0 N–H and O–H groups in total. The molecule has 3 heterocycles. The molecule has 1 fully saturated rings. The first-order valence-corrected chi connectivity index (χ1v) is 10.2. The molecule has 0 radical (unpaired) electrons. The number of thiazole rings is 1. The first-order valence-electron chi connectivity index (χ1n) is 9.32. The van der Waals surface area contributed by atoms with Crippen LogP contribution in [0.5, 0.6) is 5.75 Å². The highest BCUT2D eigenvalue weighted by atomic mass is 32.1. The fourth-order valence-electron chi connectivity index (χ4n) is 3.45. The number of aromatic nitrogens is 4. The number of benzene rings is 1. The van der Waals surface area contributed by atoms with Crippen molar-refractivity contribution in [3.05, 3.63) is 68.8 Å². The Bertz CT molecular complexity index is 1230. The van der Waals surface area contributed by atoms with E-state index in [1.165, 1.54) is 18.9 Å². The third-order valence-corrected chi connectivity index (χ3v) is 5.89. The molecule has 142 valence electrons. The zero-order valence-electron chi connectivity index (χ0n) is 15.8. The minimum atomic E-state index is -0.129. The lowest BCUT2D eigenvalue weighted by atomic mass is 10.2. The molecular weight excluding hydrogens is 372 g/mol. The molecule has 0 unspecified atom stereocenters. The van der Waals surface area contributed by atoms with Crippen LogP contribution in [-0.2, 0) is 13.7 Å². The summed E-state index contributed by atoms with van der Waals surface area (Å²) in [7, 11) is 2.05. The summed E-state index contributed by atoms with van der Waals surface area (Å²) in [5.41, 5.74) is 3.59. The van der Waals surface area contributed by atoms with Crippen LogP contribution in [-0.4, -0.2) is 19.1 Å². The van der Waals surface area contributed by atoms with Crippen molar-refractivity contribution in [3.63, 3.8) is 0 Å². The van der Waals surface area contributed by atoms with Gasteiger partial charge in [0.15, 0.2) is 0 Å². The number of pyridine rings is 1. The Morgan fingerprint density at radius 3 is 2.79 bits per heavy atom. The molecule has 0 atom stereocenters. The van der Waals surface area contributed by atoms with E-state index < -0.39 is 0 Å². The van der Waals surface area contributed by atoms with Crippen molar-refractivity contribution in [2.24, 2.45) is 7.05 Å². The smallest absolute Gasteiger partial charge is 0.258 e. The minimum Gasteiger partial charge on any atom is -0.487 e. The molecule has 1 aliphatic carbocycles. The Labute approximate surface area is 166 Å². The Balaban J connectivity index is 1.42. The van der Waals surface area contributed by atoms with E-state index in [-0.39, 0.29) is 5.56 Å². The maximum absolute atomic E-state index is 12.6. The van der Waals surface area contributed by atoms with Crippen LogP contribution in [0.25, 0.3) is 16.7 Å². The van der Waals surface area contributed by atoms with Gasteiger partial charge in [-0.1, -0.05) is 0 Å². The Kier molecular flexibility index (Phi) is 4.05. The third-order valence-electron chi connectivity index (χ3n) is 5.06. The van der Waals surface area contributed by atoms with E-state index >= 15 is 0 Å². The lowest BCUT2D eigenvalue weighted by Gasteiger charge is -2.09. The largest absolute Gasteiger partial charge is 0.487 e. The first kappa shape index (κ1) is 17.2. The summed E-state index contributed by atoms with van der Waals surface area (Å²) in [5.74, 6) is 2.27. The second kappa shape index (κ2) is 6.60. The fourth-order valence-corrected chi connectivity index (χ4v) is 4.05. The predicted octanol–water partition coefficient (Wildman–Crippen LogP) is 3.95.